The zero-order valence-electron chi connectivity index (χ0n) is 15.7. The van der Waals surface area contributed by atoms with Gasteiger partial charge in [0.15, 0.2) is 0 Å². The van der Waals surface area contributed by atoms with Crippen molar-refractivity contribution in [3.05, 3.63) is 65.7 Å². The minimum Gasteiger partial charge on any atom is -0.496 e. The summed E-state index contributed by atoms with van der Waals surface area (Å²) in [5.41, 5.74) is 1.88. The third-order valence-corrected chi connectivity index (χ3v) is 5.42. The van der Waals surface area contributed by atoms with Gasteiger partial charge in [-0.15, -0.1) is 0 Å². The number of ether oxygens (including phenoxy) is 1. The molecule has 0 aliphatic rings. The van der Waals surface area contributed by atoms with Gasteiger partial charge in [-0.1, -0.05) is 48.5 Å². The molecule has 7 heteroatoms. The molecule has 146 valence electrons. The number of hydrogen-bond donors (Lipinski definition) is 1. The fourth-order valence-electron chi connectivity index (χ4n) is 2.70. The first kappa shape index (κ1) is 20.9. The second-order valence-corrected chi connectivity index (χ2v) is 8.23. The largest absolute Gasteiger partial charge is 0.496 e. The predicted octanol–water partition coefficient (Wildman–Crippen LogP) is 2.21. The van der Waals surface area contributed by atoms with E-state index in [0.717, 1.165) is 11.1 Å². The van der Waals surface area contributed by atoms with Gasteiger partial charge < -0.3 is 10.1 Å². The van der Waals surface area contributed by atoms with Crippen LogP contribution in [0.5, 0.6) is 5.75 Å². The van der Waals surface area contributed by atoms with Crippen LogP contribution in [0.25, 0.3) is 0 Å². The van der Waals surface area contributed by atoms with E-state index in [2.05, 4.69) is 5.32 Å². The first-order valence-electron chi connectivity index (χ1n) is 8.78. The van der Waals surface area contributed by atoms with Crippen LogP contribution in [0.15, 0.2) is 54.6 Å². The molecule has 0 aromatic heterocycles. The van der Waals surface area contributed by atoms with Crippen LogP contribution in [-0.4, -0.2) is 45.1 Å². The Labute approximate surface area is 161 Å². The lowest BCUT2D eigenvalue weighted by Gasteiger charge is -2.21. The molecule has 0 aliphatic carbocycles. The van der Waals surface area contributed by atoms with Gasteiger partial charge in [-0.2, -0.15) is 4.31 Å². The Hall–Kier alpha value is -2.38. The third kappa shape index (κ3) is 7.03. The fourth-order valence-corrected chi connectivity index (χ4v) is 3.49. The summed E-state index contributed by atoms with van der Waals surface area (Å²) in [5, 5.41) is 2.79. The molecule has 0 saturated heterocycles. The van der Waals surface area contributed by atoms with Crippen LogP contribution >= 0.6 is 0 Å². The average Bonchev–Trinajstić information content (AvgIpc) is 2.66. The van der Waals surface area contributed by atoms with Crippen molar-refractivity contribution in [1.82, 2.24) is 9.62 Å². The van der Waals surface area contributed by atoms with Crippen molar-refractivity contribution in [3.63, 3.8) is 0 Å². The van der Waals surface area contributed by atoms with E-state index in [1.165, 1.54) is 10.6 Å². The van der Waals surface area contributed by atoms with Crippen LogP contribution in [0.1, 0.15) is 17.5 Å². The number of hydrogen-bond acceptors (Lipinski definition) is 4. The molecule has 0 unspecified atom stereocenters. The smallest absolute Gasteiger partial charge is 0.220 e. The average molecular weight is 391 g/mol. The van der Waals surface area contributed by atoms with E-state index in [0.29, 0.717) is 18.6 Å². The van der Waals surface area contributed by atoms with Crippen molar-refractivity contribution < 1.29 is 17.9 Å². The van der Waals surface area contributed by atoms with Crippen LogP contribution < -0.4 is 10.1 Å². The van der Waals surface area contributed by atoms with Crippen LogP contribution in [0.4, 0.5) is 0 Å². The molecule has 0 heterocycles. The Balaban J connectivity index is 1.86. The summed E-state index contributed by atoms with van der Waals surface area (Å²) in [7, 11) is -1.86. The van der Waals surface area contributed by atoms with Gasteiger partial charge in [0, 0.05) is 31.6 Å². The highest BCUT2D eigenvalue weighted by atomic mass is 32.2. The maximum absolute atomic E-state index is 12.1. The molecule has 2 aromatic carbocycles. The lowest BCUT2D eigenvalue weighted by atomic mass is 10.1. The summed E-state index contributed by atoms with van der Waals surface area (Å²) in [6, 6.07) is 17.1. The number of rotatable bonds is 10. The molecule has 0 radical (unpaired) electrons. The number of aryl methyl sites for hydroxylation is 1. The van der Waals surface area contributed by atoms with Crippen LogP contribution in [0.3, 0.4) is 0 Å². The van der Waals surface area contributed by atoms with Gasteiger partial charge >= 0.3 is 0 Å². The quantitative estimate of drug-likeness (QED) is 0.675. The van der Waals surface area contributed by atoms with Gasteiger partial charge in [-0.25, -0.2) is 8.42 Å². The van der Waals surface area contributed by atoms with Crippen molar-refractivity contribution in [2.24, 2.45) is 0 Å². The number of nitrogens with one attached hydrogen (secondary N) is 1. The first-order valence-corrected chi connectivity index (χ1v) is 10.6. The summed E-state index contributed by atoms with van der Waals surface area (Å²) >= 11 is 0. The molecule has 27 heavy (non-hydrogen) atoms. The van der Waals surface area contributed by atoms with E-state index < -0.39 is 10.0 Å². The van der Waals surface area contributed by atoms with Crippen molar-refractivity contribution in [3.8, 4) is 5.75 Å². The number of benzene rings is 2. The zero-order chi connectivity index (χ0) is 19.7. The Kier molecular flexibility index (Phi) is 7.82. The Morgan fingerprint density at radius 3 is 2.41 bits per heavy atom. The highest BCUT2D eigenvalue weighted by Crippen LogP contribution is 2.20. The SMILES string of the molecule is COc1ccccc1CN(CCNC(=O)CCc1ccccc1)S(C)(=O)=O. The molecule has 1 N–H and O–H groups in total. The van der Waals surface area contributed by atoms with E-state index >= 15 is 0 Å². The highest BCUT2D eigenvalue weighted by Gasteiger charge is 2.18. The number of para-hydroxylation sites is 1. The summed E-state index contributed by atoms with van der Waals surface area (Å²) in [4.78, 5) is 12.0. The molecular formula is C20H26N2O4S. The Morgan fingerprint density at radius 1 is 1.07 bits per heavy atom. The maximum Gasteiger partial charge on any atom is 0.220 e. The minimum atomic E-state index is -3.41. The summed E-state index contributed by atoms with van der Waals surface area (Å²) in [5.74, 6) is 0.544. The lowest BCUT2D eigenvalue weighted by Crippen LogP contribution is -2.37. The van der Waals surface area contributed by atoms with E-state index in [-0.39, 0.29) is 25.5 Å². The number of methoxy groups -OCH3 is 1. The lowest BCUT2D eigenvalue weighted by molar-refractivity contribution is -0.121. The molecule has 0 spiro atoms. The number of carbonyl (C=O) groups excluding carboxylic acids is 1. The van der Waals surface area contributed by atoms with Crippen LogP contribution in [-0.2, 0) is 27.8 Å². The van der Waals surface area contributed by atoms with Gasteiger partial charge in [0.25, 0.3) is 0 Å². The zero-order valence-corrected chi connectivity index (χ0v) is 16.5. The molecule has 0 aliphatic heterocycles. The topological polar surface area (TPSA) is 75.7 Å². The van der Waals surface area contributed by atoms with E-state index in [1.807, 2.05) is 48.5 Å². The predicted molar refractivity (Wildman–Crippen MR) is 106 cm³/mol. The molecule has 2 rings (SSSR count). The second kappa shape index (κ2) is 10.1. The Morgan fingerprint density at radius 2 is 1.74 bits per heavy atom. The Bertz CT molecular complexity index is 838. The standard InChI is InChI=1S/C20H26N2O4S/c1-26-19-11-7-6-10-18(19)16-22(27(2,24)25)15-14-21-20(23)13-12-17-8-4-3-5-9-17/h3-11H,12-16H2,1-2H3,(H,21,23). The van der Waals surface area contributed by atoms with Gasteiger partial charge in [0.2, 0.25) is 15.9 Å². The van der Waals surface area contributed by atoms with Gasteiger partial charge in [-0.05, 0) is 18.1 Å². The normalized spacial score (nSPS) is 11.4. The molecule has 0 bridgehead atoms. The summed E-state index contributed by atoms with van der Waals surface area (Å²) < 4.78 is 30.8. The molecule has 2 aromatic rings. The molecule has 0 fully saturated rings. The molecular weight excluding hydrogens is 364 g/mol. The van der Waals surface area contributed by atoms with Crippen molar-refractivity contribution in [1.29, 1.82) is 0 Å². The second-order valence-electron chi connectivity index (χ2n) is 6.24. The van der Waals surface area contributed by atoms with Crippen molar-refractivity contribution in [2.75, 3.05) is 26.5 Å². The highest BCUT2D eigenvalue weighted by molar-refractivity contribution is 7.88. The monoisotopic (exact) mass is 390 g/mol. The molecule has 0 atom stereocenters. The number of amides is 1. The van der Waals surface area contributed by atoms with E-state index in [4.69, 9.17) is 4.74 Å². The number of carbonyl (C=O) groups is 1. The van der Waals surface area contributed by atoms with Gasteiger partial charge in [-0.3, -0.25) is 4.79 Å². The number of sulfonamides is 1. The van der Waals surface area contributed by atoms with Crippen LogP contribution in [0, 0.1) is 0 Å². The summed E-state index contributed by atoms with van der Waals surface area (Å²) in [6.45, 7) is 0.659. The van der Waals surface area contributed by atoms with Crippen LogP contribution in [0.2, 0.25) is 0 Å². The van der Waals surface area contributed by atoms with Crippen molar-refractivity contribution >= 4 is 15.9 Å². The van der Waals surface area contributed by atoms with Gasteiger partial charge in [0.05, 0.1) is 13.4 Å². The van der Waals surface area contributed by atoms with Gasteiger partial charge in [0.1, 0.15) is 5.75 Å². The minimum absolute atomic E-state index is 0.0930. The van der Waals surface area contributed by atoms with Crippen molar-refractivity contribution in [2.45, 2.75) is 19.4 Å². The number of nitrogens with zero attached hydrogens (tertiary/aromatic N) is 1. The molecule has 6 nitrogen and oxygen atoms in total. The molecule has 1 amide bonds. The maximum atomic E-state index is 12.1. The third-order valence-electron chi connectivity index (χ3n) is 4.18. The molecule has 0 saturated carbocycles. The first-order chi connectivity index (χ1) is 12.9. The fraction of sp³-hybridized carbons (Fsp3) is 0.350. The summed E-state index contributed by atoms with van der Waals surface area (Å²) in [6.07, 6.45) is 2.19. The van der Waals surface area contributed by atoms with E-state index in [9.17, 15) is 13.2 Å². The van der Waals surface area contributed by atoms with E-state index in [1.54, 1.807) is 13.2 Å².